The number of hydrogen-bond donors (Lipinski definition) is 0. The van der Waals surface area contributed by atoms with Crippen LogP contribution in [0.3, 0.4) is 0 Å². The van der Waals surface area contributed by atoms with Gasteiger partial charge in [-0.1, -0.05) is 182 Å². The maximum absolute atomic E-state index is 6.50. The standard InChI is InChI=1S/C51H33N3O/c1-4-13-34(14-5-1)35-23-25-36(26-24-35)37-27-29-40(30-28-37)49-52-50(54-51(53-49)44-20-11-10-19-42(44)38-15-6-2-7-16-38)41-31-32-45-47(33-41)55-46-22-12-21-43(48(45)46)39-17-8-3-9-18-39/h1-33H. The Kier molecular flexibility index (Phi) is 8.12. The minimum absolute atomic E-state index is 0.578. The quantitative estimate of drug-likeness (QED) is 0.166. The molecule has 8 aromatic carbocycles. The highest BCUT2D eigenvalue weighted by Gasteiger charge is 2.18. The highest BCUT2D eigenvalue weighted by atomic mass is 16.3. The molecule has 4 heteroatoms. The van der Waals surface area contributed by atoms with E-state index in [1.807, 2.05) is 36.4 Å². The molecule has 0 aliphatic carbocycles. The predicted octanol–water partition coefficient (Wildman–Crippen LogP) is 13.4. The Morgan fingerprint density at radius 1 is 0.273 bits per heavy atom. The third-order valence-electron chi connectivity index (χ3n) is 10.2. The lowest BCUT2D eigenvalue weighted by Crippen LogP contribution is -2.01. The third-order valence-corrected chi connectivity index (χ3v) is 10.2. The van der Waals surface area contributed by atoms with Gasteiger partial charge in [-0.2, -0.15) is 0 Å². The summed E-state index contributed by atoms with van der Waals surface area (Å²) in [5.74, 6) is 1.79. The second-order valence-corrected chi connectivity index (χ2v) is 13.6. The van der Waals surface area contributed by atoms with Crippen LogP contribution in [0, 0.1) is 0 Å². The van der Waals surface area contributed by atoms with E-state index in [0.717, 1.165) is 72.0 Å². The van der Waals surface area contributed by atoms with Crippen molar-refractivity contribution in [1.82, 2.24) is 15.0 Å². The lowest BCUT2D eigenvalue weighted by molar-refractivity contribution is 0.669. The molecule has 0 unspecified atom stereocenters. The van der Waals surface area contributed by atoms with Crippen LogP contribution in [0.15, 0.2) is 205 Å². The first-order valence-electron chi connectivity index (χ1n) is 18.4. The molecule has 10 rings (SSSR count). The zero-order valence-corrected chi connectivity index (χ0v) is 29.8. The van der Waals surface area contributed by atoms with Crippen LogP contribution in [0.4, 0.5) is 0 Å². The van der Waals surface area contributed by atoms with E-state index in [4.69, 9.17) is 19.4 Å². The summed E-state index contributed by atoms with van der Waals surface area (Å²) in [6.45, 7) is 0. The molecule has 0 atom stereocenters. The van der Waals surface area contributed by atoms with Gasteiger partial charge in [0.1, 0.15) is 11.2 Å². The van der Waals surface area contributed by atoms with Crippen molar-refractivity contribution in [2.24, 2.45) is 0 Å². The number of benzene rings is 8. The molecule has 2 aromatic heterocycles. The van der Waals surface area contributed by atoms with Gasteiger partial charge in [0.05, 0.1) is 0 Å². The smallest absolute Gasteiger partial charge is 0.164 e. The molecule has 0 saturated heterocycles. The molecule has 258 valence electrons. The van der Waals surface area contributed by atoms with E-state index in [9.17, 15) is 0 Å². The topological polar surface area (TPSA) is 51.8 Å². The van der Waals surface area contributed by atoms with E-state index in [2.05, 4.69) is 164 Å². The van der Waals surface area contributed by atoms with E-state index >= 15 is 0 Å². The summed E-state index contributed by atoms with van der Waals surface area (Å²) < 4.78 is 6.50. The maximum Gasteiger partial charge on any atom is 0.164 e. The monoisotopic (exact) mass is 703 g/mol. The number of rotatable bonds is 7. The lowest BCUT2D eigenvalue weighted by atomic mass is 9.98. The number of hydrogen-bond acceptors (Lipinski definition) is 4. The molecule has 4 nitrogen and oxygen atoms in total. The average molecular weight is 704 g/mol. The van der Waals surface area contributed by atoms with Gasteiger partial charge in [0.15, 0.2) is 17.5 Å². The van der Waals surface area contributed by atoms with Crippen LogP contribution in [0.1, 0.15) is 0 Å². The number of furan rings is 1. The van der Waals surface area contributed by atoms with Crippen LogP contribution in [-0.2, 0) is 0 Å². The van der Waals surface area contributed by atoms with Crippen molar-refractivity contribution in [2.45, 2.75) is 0 Å². The summed E-state index contributed by atoms with van der Waals surface area (Å²) >= 11 is 0. The first kappa shape index (κ1) is 32.2. The number of aromatic nitrogens is 3. The van der Waals surface area contributed by atoms with Gasteiger partial charge in [0.25, 0.3) is 0 Å². The van der Waals surface area contributed by atoms with Gasteiger partial charge < -0.3 is 4.42 Å². The fourth-order valence-electron chi connectivity index (χ4n) is 7.42. The van der Waals surface area contributed by atoms with E-state index in [1.165, 1.54) is 11.1 Å². The molecule has 0 fully saturated rings. The minimum atomic E-state index is 0.578. The van der Waals surface area contributed by atoms with Gasteiger partial charge in [-0.05, 0) is 62.7 Å². The molecule has 10 aromatic rings. The zero-order valence-electron chi connectivity index (χ0n) is 29.8. The van der Waals surface area contributed by atoms with Gasteiger partial charge in [0.2, 0.25) is 0 Å². The molecule has 2 heterocycles. The van der Waals surface area contributed by atoms with Gasteiger partial charge in [-0.3, -0.25) is 0 Å². The van der Waals surface area contributed by atoms with Crippen molar-refractivity contribution < 1.29 is 4.42 Å². The van der Waals surface area contributed by atoms with Crippen molar-refractivity contribution in [2.75, 3.05) is 0 Å². The van der Waals surface area contributed by atoms with E-state index in [0.29, 0.717) is 17.5 Å². The van der Waals surface area contributed by atoms with Crippen LogP contribution in [0.25, 0.3) is 101 Å². The average Bonchev–Trinajstić information content (AvgIpc) is 3.66. The molecule has 0 radical (unpaired) electrons. The predicted molar refractivity (Wildman–Crippen MR) is 225 cm³/mol. The van der Waals surface area contributed by atoms with Crippen LogP contribution in [-0.4, -0.2) is 15.0 Å². The second kappa shape index (κ2) is 13.8. The summed E-state index contributed by atoms with van der Waals surface area (Å²) in [6, 6.07) is 69.2. The lowest BCUT2D eigenvalue weighted by Gasteiger charge is -2.12. The Morgan fingerprint density at radius 2 is 0.709 bits per heavy atom. The van der Waals surface area contributed by atoms with Gasteiger partial charge in [-0.15, -0.1) is 0 Å². The molecule has 0 spiro atoms. The first-order chi connectivity index (χ1) is 27.2. The normalized spacial score (nSPS) is 11.3. The molecular weight excluding hydrogens is 671 g/mol. The van der Waals surface area contributed by atoms with Crippen LogP contribution < -0.4 is 0 Å². The van der Waals surface area contributed by atoms with Crippen molar-refractivity contribution in [3.63, 3.8) is 0 Å². The Morgan fingerprint density at radius 3 is 1.33 bits per heavy atom. The zero-order chi connectivity index (χ0) is 36.6. The summed E-state index contributed by atoms with van der Waals surface area (Å²) in [6.07, 6.45) is 0. The fraction of sp³-hybridized carbons (Fsp3) is 0. The molecule has 0 aliphatic rings. The third kappa shape index (κ3) is 6.16. The summed E-state index contributed by atoms with van der Waals surface area (Å²) in [5.41, 5.74) is 13.4. The molecule has 0 aliphatic heterocycles. The SMILES string of the molecule is c1ccc(-c2ccc(-c3ccc(-c4nc(-c5ccc6c(c5)oc5cccc(-c7ccccc7)c56)nc(-c5ccccc5-c5ccccc5)n4)cc3)cc2)cc1. The van der Waals surface area contributed by atoms with Crippen molar-refractivity contribution >= 4 is 21.9 Å². The Bertz CT molecular complexity index is 2940. The van der Waals surface area contributed by atoms with E-state index in [-0.39, 0.29) is 0 Å². The molecule has 0 saturated carbocycles. The molecular formula is C51H33N3O. The van der Waals surface area contributed by atoms with Gasteiger partial charge in [0, 0.05) is 27.5 Å². The molecule has 0 amide bonds. The summed E-state index contributed by atoms with van der Waals surface area (Å²) in [7, 11) is 0. The van der Waals surface area contributed by atoms with Crippen molar-refractivity contribution in [3.8, 4) is 78.7 Å². The maximum atomic E-state index is 6.50. The Hall–Kier alpha value is -7.43. The minimum Gasteiger partial charge on any atom is -0.456 e. The molecule has 0 N–H and O–H groups in total. The van der Waals surface area contributed by atoms with Gasteiger partial charge in [-0.25, -0.2) is 15.0 Å². The highest BCUT2D eigenvalue weighted by molar-refractivity contribution is 6.13. The first-order valence-corrected chi connectivity index (χ1v) is 18.4. The summed E-state index contributed by atoms with van der Waals surface area (Å²) in [5, 5.41) is 2.15. The van der Waals surface area contributed by atoms with E-state index < -0.39 is 0 Å². The number of nitrogens with zero attached hydrogens (tertiary/aromatic N) is 3. The van der Waals surface area contributed by atoms with Gasteiger partial charge >= 0.3 is 0 Å². The van der Waals surface area contributed by atoms with Crippen LogP contribution in [0.2, 0.25) is 0 Å². The highest BCUT2D eigenvalue weighted by Crippen LogP contribution is 2.39. The van der Waals surface area contributed by atoms with Crippen LogP contribution >= 0.6 is 0 Å². The Labute approximate surface area is 319 Å². The van der Waals surface area contributed by atoms with Crippen LogP contribution in [0.5, 0.6) is 0 Å². The Balaban J connectivity index is 1.08. The summed E-state index contributed by atoms with van der Waals surface area (Å²) in [4.78, 5) is 15.4. The number of fused-ring (bicyclic) bond motifs is 3. The van der Waals surface area contributed by atoms with Crippen molar-refractivity contribution in [1.29, 1.82) is 0 Å². The van der Waals surface area contributed by atoms with E-state index in [1.54, 1.807) is 0 Å². The largest absolute Gasteiger partial charge is 0.456 e. The fourth-order valence-corrected chi connectivity index (χ4v) is 7.42. The van der Waals surface area contributed by atoms with Crippen molar-refractivity contribution in [3.05, 3.63) is 200 Å². The molecule has 0 bridgehead atoms. The molecule has 55 heavy (non-hydrogen) atoms. The second-order valence-electron chi connectivity index (χ2n) is 13.6.